The summed E-state index contributed by atoms with van der Waals surface area (Å²) < 4.78 is 0. The van der Waals surface area contributed by atoms with E-state index >= 15 is 0 Å². The number of ketones is 1. The second-order valence-electron chi connectivity index (χ2n) is 3.37. The Bertz CT molecular complexity index is 329. The third-order valence-electron chi connectivity index (χ3n) is 2.24. The molecule has 0 bridgehead atoms. The van der Waals surface area contributed by atoms with Crippen LogP contribution in [0, 0.1) is 0 Å². The standard InChI is InChI=1S/C12H16O2/c1-3-5-9-8-10(11(13)4-2)6-7-12(9)14/h6-8,14H,3-5H2,1-2H3. The van der Waals surface area contributed by atoms with E-state index in [1.165, 1.54) is 0 Å². The number of carbonyl (C=O) groups excluding carboxylic acids is 1. The third kappa shape index (κ3) is 2.34. The van der Waals surface area contributed by atoms with Crippen LogP contribution in [-0.2, 0) is 6.42 Å². The minimum absolute atomic E-state index is 0.127. The molecule has 1 N–H and O–H groups in total. The molecule has 0 aliphatic heterocycles. The van der Waals surface area contributed by atoms with E-state index in [0.29, 0.717) is 17.7 Å². The molecule has 0 aliphatic carbocycles. The van der Waals surface area contributed by atoms with E-state index in [0.717, 1.165) is 18.4 Å². The molecule has 0 spiro atoms. The SMILES string of the molecule is CCCc1cc(C(=O)CC)ccc1O. The van der Waals surface area contributed by atoms with Crippen molar-refractivity contribution in [3.05, 3.63) is 29.3 Å². The molecule has 0 aromatic heterocycles. The van der Waals surface area contributed by atoms with Gasteiger partial charge in [-0.3, -0.25) is 4.79 Å². The number of carbonyl (C=O) groups is 1. The lowest BCUT2D eigenvalue weighted by Gasteiger charge is -2.05. The lowest BCUT2D eigenvalue weighted by atomic mass is 10.0. The van der Waals surface area contributed by atoms with E-state index in [1.807, 2.05) is 13.8 Å². The molecule has 0 saturated heterocycles. The monoisotopic (exact) mass is 192 g/mol. The molecule has 0 radical (unpaired) electrons. The summed E-state index contributed by atoms with van der Waals surface area (Å²) in [5.74, 6) is 0.418. The molecule has 2 heteroatoms. The number of aryl methyl sites for hydroxylation is 1. The van der Waals surface area contributed by atoms with Crippen LogP contribution >= 0.6 is 0 Å². The Morgan fingerprint density at radius 3 is 2.64 bits per heavy atom. The maximum Gasteiger partial charge on any atom is 0.162 e. The average molecular weight is 192 g/mol. The van der Waals surface area contributed by atoms with Crippen molar-refractivity contribution < 1.29 is 9.90 Å². The summed E-state index contributed by atoms with van der Waals surface area (Å²) in [5.41, 5.74) is 1.57. The Labute approximate surface area is 84.6 Å². The van der Waals surface area contributed by atoms with Crippen LogP contribution in [0.1, 0.15) is 42.6 Å². The molecule has 76 valence electrons. The van der Waals surface area contributed by atoms with Crippen LogP contribution in [0.5, 0.6) is 5.75 Å². The van der Waals surface area contributed by atoms with Gasteiger partial charge < -0.3 is 5.11 Å². The summed E-state index contributed by atoms with van der Waals surface area (Å²) in [7, 11) is 0. The Morgan fingerprint density at radius 2 is 2.07 bits per heavy atom. The second kappa shape index (κ2) is 4.80. The van der Waals surface area contributed by atoms with Crippen molar-refractivity contribution in [3.8, 4) is 5.75 Å². The van der Waals surface area contributed by atoms with Crippen LogP contribution in [0.4, 0.5) is 0 Å². The quantitative estimate of drug-likeness (QED) is 0.745. The Kier molecular flexibility index (Phi) is 3.69. The first kappa shape index (κ1) is 10.8. The molecule has 0 heterocycles. The number of Topliss-reactive ketones (excluding diaryl/α,β-unsaturated/α-hetero) is 1. The first-order chi connectivity index (χ1) is 6.69. The summed E-state index contributed by atoms with van der Waals surface area (Å²) in [4.78, 5) is 11.4. The van der Waals surface area contributed by atoms with E-state index in [-0.39, 0.29) is 5.78 Å². The van der Waals surface area contributed by atoms with E-state index in [1.54, 1.807) is 18.2 Å². The van der Waals surface area contributed by atoms with Crippen molar-refractivity contribution in [2.24, 2.45) is 0 Å². The summed E-state index contributed by atoms with van der Waals surface area (Å²) in [6, 6.07) is 5.08. The van der Waals surface area contributed by atoms with Gasteiger partial charge >= 0.3 is 0 Å². The van der Waals surface area contributed by atoms with E-state index in [4.69, 9.17) is 0 Å². The van der Waals surface area contributed by atoms with Crippen LogP contribution in [0.15, 0.2) is 18.2 Å². The number of hydrogen-bond acceptors (Lipinski definition) is 2. The first-order valence-electron chi connectivity index (χ1n) is 5.04. The van der Waals surface area contributed by atoms with Crippen LogP contribution < -0.4 is 0 Å². The molecule has 2 nitrogen and oxygen atoms in total. The normalized spacial score (nSPS) is 10.1. The Morgan fingerprint density at radius 1 is 1.36 bits per heavy atom. The highest BCUT2D eigenvalue weighted by Crippen LogP contribution is 2.20. The average Bonchev–Trinajstić information content (AvgIpc) is 2.20. The van der Waals surface area contributed by atoms with Gasteiger partial charge in [0.15, 0.2) is 5.78 Å². The van der Waals surface area contributed by atoms with E-state index in [9.17, 15) is 9.90 Å². The molecular formula is C12H16O2. The second-order valence-corrected chi connectivity index (χ2v) is 3.37. The topological polar surface area (TPSA) is 37.3 Å². The van der Waals surface area contributed by atoms with E-state index in [2.05, 4.69) is 0 Å². The van der Waals surface area contributed by atoms with E-state index < -0.39 is 0 Å². The number of hydrogen-bond donors (Lipinski definition) is 1. The molecule has 0 amide bonds. The molecular weight excluding hydrogens is 176 g/mol. The molecule has 0 saturated carbocycles. The third-order valence-corrected chi connectivity index (χ3v) is 2.24. The van der Waals surface area contributed by atoms with Gasteiger partial charge in [-0.2, -0.15) is 0 Å². The van der Waals surface area contributed by atoms with Gasteiger partial charge in [0.1, 0.15) is 5.75 Å². The maximum atomic E-state index is 11.4. The number of aromatic hydroxyl groups is 1. The van der Waals surface area contributed by atoms with Crippen molar-refractivity contribution in [3.63, 3.8) is 0 Å². The minimum atomic E-state index is 0.127. The van der Waals surface area contributed by atoms with Crippen molar-refractivity contribution >= 4 is 5.78 Å². The van der Waals surface area contributed by atoms with Crippen LogP contribution in [0.3, 0.4) is 0 Å². The van der Waals surface area contributed by atoms with Crippen LogP contribution in [0.2, 0.25) is 0 Å². The van der Waals surface area contributed by atoms with Gasteiger partial charge in [-0.25, -0.2) is 0 Å². The summed E-state index contributed by atoms with van der Waals surface area (Å²) in [6.45, 7) is 3.89. The molecule has 14 heavy (non-hydrogen) atoms. The van der Waals surface area contributed by atoms with Crippen molar-refractivity contribution in [2.75, 3.05) is 0 Å². The lowest BCUT2D eigenvalue weighted by molar-refractivity contribution is 0.0988. The number of phenolic OH excluding ortho intramolecular Hbond substituents is 1. The smallest absolute Gasteiger partial charge is 0.162 e. The lowest BCUT2D eigenvalue weighted by Crippen LogP contribution is -1.97. The molecule has 1 aromatic rings. The zero-order chi connectivity index (χ0) is 10.6. The highest BCUT2D eigenvalue weighted by Gasteiger charge is 2.06. The summed E-state index contributed by atoms with van der Waals surface area (Å²) in [5, 5.41) is 9.51. The first-order valence-corrected chi connectivity index (χ1v) is 5.04. The zero-order valence-corrected chi connectivity index (χ0v) is 8.71. The Balaban J connectivity index is 2.99. The largest absolute Gasteiger partial charge is 0.508 e. The van der Waals surface area contributed by atoms with Gasteiger partial charge in [-0.05, 0) is 30.2 Å². The highest BCUT2D eigenvalue weighted by atomic mass is 16.3. The predicted molar refractivity (Wildman–Crippen MR) is 56.7 cm³/mol. The fourth-order valence-electron chi connectivity index (χ4n) is 1.43. The van der Waals surface area contributed by atoms with Crippen molar-refractivity contribution in [1.82, 2.24) is 0 Å². The molecule has 0 atom stereocenters. The van der Waals surface area contributed by atoms with Crippen LogP contribution in [-0.4, -0.2) is 10.9 Å². The maximum absolute atomic E-state index is 11.4. The Hall–Kier alpha value is -1.31. The van der Waals surface area contributed by atoms with Gasteiger partial charge in [-0.15, -0.1) is 0 Å². The molecule has 1 aromatic carbocycles. The van der Waals surface area contributed by atoms with Gasteiger partial charge in [0, 0.05) is 12.0 Å². The molecule has 0 fully saturated rings. The number of phenols is 1. The zero-order valence-electron chi connectivity index (χ0n) is 8.71. The van der Waals surface area contributed by atoms with Crippen LogP contribution in [0.25, 0.3) is 0 Å². The minimum Gasteiger partial charge on any atom is -0.508 e. The summed E-state index contributed by atoms with van der Waals surface area (Å²) in [6.07, 6.45) is 2.30. The summed E-state index contributed by atoms with van der Waals surface area (Å²) >= 11 is 0. The van der Waals surface area contributed by atoms with Crippen molar-refractivity contribution in [2.45, 2.75) is 33.1 Å². The van der Waals surface area contributed by atoms with Gasteiger partial charge in [0.2, 0.25) is 0 Å². The van der Waals surface area contributed by atoms with Crippen molar-refractivity contribution in [1.29, 1.82) is 0 Å². The molecule has 1 rings (SSSR count). The predicted octanol–water partition coefficient (Wildman–Crippen LogP) is 2.94. The van der Waals surface area contributed by atoms with Gasteiger partial charge in [0.25, 0.3) is 0 Å². The van der Waals surface area contributed by atoms with Gasteiger partial charge in [0.05, 0.1) is 0 Å². The molecule has 0 unspecified atom stereocenters. The fourth-order valence-corrected chi connectivity index (χ4v) is 1.43. The number of rotatable bonds is 4. The fraction of sp³-hybridized carbons (Fsp3) is 0.417. The molecule has 0 aliphatic rings. The number of benzene rings is 1. The highest BCUT2D eigenvalue weighted by molar-refractivity contribution is 5.96. The van der Waals surface area contributed by atoms with Gasteiger partial charge in [-0.1, -0.05) is 20.3 Å².